The predicted molar refractivity (Wildman–Crippen MR) is 134 cm³/mol. The van der Waals surface area contributed by atoms with Crippen molar-refractivity contribution >= 4 is 17.5 Å². The summed E-state index contributed by atoms with van der Waals surface area (Å²) in [6, 6.07) is 12.2. The van der Waals surface area contributed by atoms with E-state index in [1.807, 2.05) is 54.1 Å². The van der Waals surface area contributed by atoms with Gasteiger partial charge in [0.15, 0.2) is 0 Å². The van der Waals surface area contributed by atoms with Crippen molar-refractivity contribution in [3.63, 3.8) is 0 Å². The second kappa shape index (κ2) is 10.8. The van der Waals surface area contributed by atoms with Crippen molar-refractivity contribution in [3.8, 4) is 17.2 Å². The van der Waals surface area contributed by atoms with Crippen LogP contribution in [0, 0.1) is 11.3 Å². The topological polar surface area (TPSA) is 138 Å². The zero-order valence-corrected chi connectivity index (χ0v) is 19.8. The first-order valence-electron chi connectivity index (χ1n) is 11.4. The molecular formula is C25H29N9O. The summed E-state index contributed by atoms with van der Waals surface area (Å²) in [5.41, 5.74) is 9.03. The average molecular weight is 472 g/mol. The fraction of sp³-hybridized carbons (Fsp3) is 0.320. The molecule has 2 aromatic heterocycles. The fourth-order valence-electron chi connectivity index (χ4n) is 3.92. The number of carbonyl (C=O) groups is 1. The van der Waals surface area contributed by atoms with Gasteiger partial charge in [0.2, 0.25) is 0 Å². The molecule has 1 aliphatic carbocycles. The first-order valence-corrected chi connectivity index (χ1v) is 11.4. The van der Waals surface area contributed by atoms with Gasteiger partial charge >= 0.3 is 0 Å². The maximum absolute atomic E-state index is 12.4. The Labute approximate surface area is 204 Å². The lowest BCUT2D eigenvalue weighted by Gasteiger charge is -2.36. The van der Waals surface area contributed by atoms with Gasteiger partial charge in [0.05, 0.1) is 18.3 Å². The van der Waals surface area contributed by atoms with Crippen LogP contribution < -0.4 is 16.4 Å². The van der Waals surface area contributed by atoms with Gasteiger partial charge in [0.25, 0.3) is 5.91 Å². The Morgan fingerprint density at radius 3 is 2.74 bits per heavy atom. The summed E-state index contributed by atoms with van der Waals surface area (Å²) in [5, 5.41) is 20.1. The summed E-state index contributed by atoms with van der Waals surface area (Å²) in [7, 11) is 3.77. The molecule has 4 rings (SSSR count). The van der Waals surface area contributed by atoms with E-state index in [1.54, 1.807) is 12.3 Å². The number of hydrogen-bond donors (Lipinski definition) is 3. The summed E-state index contributed by atoms with van der Waals surface area (Å²) in [6.45, 7) is 1.18. The second-order valence-electron chi connectivity index (χ2n) is 8.87. The number of anilines is 2. The van der Waals surface area contributed by atoms with Crippen LogP contribution in [0.2, 0.25) is 0 Å². The summed E-state index contributed by atoms with van der Waals surface area (Å²) in [4.78, 5) is 22.9. The molecule has 0 spiro atoms. The van der Waals surface area contributed by atoms with E-state index in [0.717, 1.165) is 24.0 Å². The molecule has 0 unspecified atom stereocenters. The number of nitrogen functional groups attached to an aromatic ring is 1. The van der Waals surface area contributed by atoms with E-state index < -0.39 is 0 Å². The van der Waals surface area contributed by atoms with Crippen LogP contribution in [0.25, 0.3) is 11.1 Å². The van der Waals surface area contributed by atoms with E-state index in [2.05, 4.69) is 37.8 Å². The van der Waals surface area contributed by atoms with Gasteiger partial charge in [-0.3, -0.25) is 9.48 Å². The van der Waals surface area contributed by atoms with Crippen LogP contribution in [0.3, 0.4) is 0 Å². The normalized spacial score (nSPS) is 17.5. The number of nitrogens with two attached hydrogens (primary N) is 1. The molecule has 1 saturated carbocycles. The molecule has 4 N–H and O–H groups in total. The summed E-state index contributed by atoms with van der Waals surface area (Å²) >= 11 is 0. The van der Waals surface area contributed by atoms with Crippen LogP contribution in [-0.4, -0.2) is 63.3 Å². The fourth-order valence-corrected chi connectivity index (χ4v) is 3.92. The third-order valence-electron chi connectivity index (χ3n) is 5.83. The molecule has 35 heavy (non-hydrogen) atoms. The molecule has 1 amide bonds. The molecule has 0 radical (unpaired) electrons. The first-order chi connectivity index (χ1) is 16.9. The number of rotatable bonds is 9. The number of nitriles is 1. The molecule has 180 valence electrons. The van der Waals surface area contributed by atoms with Crippen molar-refractivity contribution in [2.45, 2.75) is 31.5 Å². The van der Waals surface area contributed by atoms with Gasteiger partial charge in [-0.25, -0.2) is 9.97 Å². The Morgan fingerprint density at radius 2 is 2.03 bits per heavy atom. The van der Waals surface area contributed by atoms with Crippen molar-refractivity contribution in [2.75, 3.05) is 31.7 Å². The number of nitrogens with zero attached hydrogens (tertiary/aromatic N) is 6. The van der Waals surface area contributed by atoms with Crippen molar-refractivity contribution < 1.29 is 4.79 Å². The van der Waals surface area contributed by atoms with Crippen LogP contribution in [0.5, 0.6) is 0 Å². The molecule has 1 fully saturated rings. The highest BCUT2D eigenvalue weighted by atomic mass is 16.1. The predicted octanol–water partition coefficient (Wildman–Crippen LogP) is 2.04. The highest BCUT2D eigenvalue weighted by molar-refractivity contribution is 5.97. The number of amides is 1. The van der Waals surface area contributed by atoms with Gasteiger partial charge < -0.3 is 21.3 Å². The van der Waals surface area contributed by atoms with Crippen LogP contribution in [-0.2, 0) is 11.3 Å². The Balaban J connectivity index is 1.38. The Morgan fingerprint density at radius 1 is 1.26 bits per heavy atom. The van der Waals surface area contributed by atoms with Crippen molar-refractivity contribution in [2.24, 2.45) is 0 Å². The van der Waals surface area contributed by atoms with Gasteiger partial charge in [-0.15, -0.1) is 0 Å². The van der Waals surface area contributed by atoms with Gasteiger partial charge in [-0.2, -0.15) is 10.4 Å². The molecule has 1 aliphatic rings. The summed E-state index contributed by atoms with van der Waals surface area (Å²) in [6.07, 6.45) is 8.19. The molecule has 1 aromatic carbocycles. The molecule has 10 nitrogen and oxygen atoms in total. The largest absolute Gasteiger partial charge is 0.383 e. The minimum absolute atomic E-state index is 0.00707. The van der Waals surface area contributed by atoms with Crippen LogP contribution in [0.4, 0.5) is 11.6 Å². The molecule has 0 saturated heterocycles. The standard InChI is InChI=1S/C25H29N9O/c1-33(2)9-8-18(12-26)25(35)32-21-10-20(11-21)31-24-22(23(27)28-16-29-24)19-13-30-34(15-19)14-17-6-4-3-5-7-17/h3-8,13,15-16,20-21H,9-11,14H2,1-2H3,(H,32,35)(H3,27,28,29,31)/b18-8+/t20-,21+. The molecule has 10 heteroatoms. The van der Waals surface area contributed by atoms with Crippen LogP contribution >= 0.6 is 0 Å². The summed E-state index contributed by atoms with van der Waals surface area (Å²) < 4.78 is 1.85. The van der Waals surface area contributed by atoms with E-state index in [9.17, 15) is 10.1 Å². The zero-order valence-electron chi connectivity index (χ0n) is 19.8. The minimum Gasteiger partial charge on any atom is -0.383 e. The van der Waals surface area contributed by atoms with Gasteiger partial charge in [0, 0.05) is 30.4 Å². The smallest absolute Gasteiger partial charge is 0.261 e. The molecule has 0 atom stereocenters. The average Bonchev–Trinajstić information content (AvgIpc) is 3.26. The third-order valence-corrected chi connectivity index (χ3v) is 5.83. The lowest BCUT2D eigenvalue weighted by molar-refractivity contribution is -0.118. The lowest BCUT2D eigenvalue weighted by Crippen LogP contribution is -2.50. The van der Waals surface area contributed by atoms with Crippen molar-refractivity contribution in [1.29, 1.82) is 5.26 Å². The first kappa shape index (κ1) is 23.9. The number of aromatic nitrogens is 4. The molecule has 0 bridgehead atoms. The molecule has 2 heterocycles. The van der Waals surface area contributed by atoms with Gasteiger partial charge in [-0.05, 0) is 38.6 Å². The monoisotopic (exact) mass is 471 g/mol. The number of carbonyl (C=O) groups excluding carboxylic acids is 1. The molecular weight excluding hydrogens is 442 g/mol. The van der Waals surface area contributed by atoms with Crippen LogP contribution in [0.1, 0.15) is 18.4 Å². The lowest BCUT2D eigenvalue weighted by atomic mass is 9.86. The van der Waals surface area contributed by atoms with E-state index in [0.29, 0.717) is 30.3 Å². The van der Waals surface area contributed by atoms with E-state index in [1.165, 1.54) is 6.33 Å². The van der Waals surface area contributed by atoms with E-state index in [4.69, 9.17) is 5.73 Å². The Bertz CT molecular complexity index is 1240. The maximum atomic E-state index is 12.4. The molecule has 0 aliphatic heterocycles. The number of hydrogen-bond acceptors (Lipinski definition) is 8. The van der Waals surface area contributed by atoms with Gasteiger partial charge in [0.1, 0.15) is 29.6 Å². The van der Waals surface area contributed by atoms with Crippen LogP contribution in [0.15, 0.2) is 60.7 Å². The van der Waals surface area contributed by atoms with E-state index in [-0.39, 0.29) is 23.6 Å². The van der Waals surface area contributed by atoms with E-state index >= 15 is 0 Å². The second-order valence-corrected chi connectivity index (χ2v) is 8.87. The molecule has 3 aromatic rings. The quantitative estimate of drug-likeness (QED) is 0.318. The number of nitrogens with one attached hydrogen (secondary N) is 2. The van der Waals surface area contributed by atoms with Gasteiger partial charge in [-0.1, -0.05) is 30.3 Å². The minimum atomic E-state index is -0.337. The maximum Gasteiger partial charge on any atom is 0.261 e. The van der Waals surface area contributed by atoms with Crippen molar-refractivity contribution in [1.82, 2.24) is 30.0 Å². The Hall–Kier alpha value is -4.23. The van der Waals surface area contributed by atoms with Crippen molar-refractivity contribution in [3.05, 3.63) is 66.3 Å². The highest BCUT2D eigenvalue weighted by Crippen LogP contribution is 2.33. The SMILES string of the molecule is CN(C)C/C=C(\C#N)C(=O)N[C@H]1C[C@@H](Nc2ncnc(N)c2-c2cnn(Cc3ccccc3)c2)C1. The summed E-state index contributed by atoms with van der Waals surface area (Å²) in [5.74, 6) is 0.668. The number of benzene rings is 1. The third kappa shape index (κ3) is 6.02. The number of likely N-dealkylation sites (N-methyl/N-ethyl adjacent to an activating group) is 1. The highest BCUT2D eigenvalue weighted by Gasteiger charge is 2.32. The zero-order chi connectivity index (χ0) is 24.8. The Kier molecular flexibility index (Phi) is 7.38.